The van der Waals surface area contributed by atoms with Crippen LogP contribution < -0.4 is 26.4 Å². The van der Waals surface area contributed by atoms with E-state index in [2.05, 4.69) is 16.0 Å². The fraction of sp³-hybridized carbons (Fsp3) is 0.400. The van der Waals surface area contributed by atoms with Crippen LogP contribution in [0.15, 0.2) is 54.6 Å². The lowest BCUT2D eigenvalue weighted by molar-refractivity contribution is -0.141. The third kappa shape index (κ3) is 7.47. The Morgan fingerprint density at radius 1 is 1.07 bits per heavy atom. The maximum Gasteiger partial charge on any atom is 0.243 e. The second-order valence-corrected chi connectivity index (χ2v) is 10.3. The molecule has 1 heterocycles. The smallest absolute Gasteiger partial charge is 0.243 e. The van der Waals surface area contributed by atoms with Crippen LogP contribution >= 0.6 is 0 Å². The molecule has 2 aromatic rings. The minimum Gasteiger partial charge on any atom is -0.492 e. The highest BCUT2D eigenvalue weighted by atomic mass is 16.5. The number of hydrogen-bond donors (Lipinski definition) is 5. The van der Waals surface area contributed by atoms with Crippen molar-refractivity contribution in [2.45, 2.75) is 44.3 Å². The number of nitrogens with one attached hydrogen (secondary N) is 4. The normalized spacial score (nSPS) is 24.0. The van der Waals surface area contributed by atoms with Crippen LogP contribution in [0.2, 0.25) is 0 Å². The van der Waals surface area contributed by atoms with Gasteiger partial charge in [-0.15, -0.1) is 0 Å². The SMILES string of the molecule is C[C@@H]1C(=O)N[C@H](Cc2ccc(C(=N)N)cc2)C(=O)NC/C=C/c2ccccc2OCCN[C@@H](C2CC2)C(=O)N1C. The maximum atomic E-state index is 13.4. The van der Waals surface area contributed by atoms with E-state index >= 15 is 0 Å². The lowest BCUT2D eigenvalue weighted by Crippen LogP contribution is -2.56. The summed E-state index contributed by atoms with van der Waals surface area (Å²) in [5.74, 6) is -0.0314. The Bertz CT molecular complexity index is 1260. The van der Waals surface area contributed by atoms with E-state index in [0.717, 1.165) is 24.0 Å². The Labute approximate surface area is 234 Å². The summed E-state index contributed by atoms with van der Waals surface area (Å²) in [5.41, 5.74) is 7.80. The standard InChI is InChI=1S/C30H38N6O4/c1-19-28(37)35-24(18-20-9-11-23(12-10-20)27(31)32)29(38)34-15-5-7-21-6-3-4-8-25(21)40-17-16-33-26(22-13-14-22)30(39)36(19)2/h3-12,19,22,24,26,33H,13-18H2,1-2H3,(H3,31,32)(H,34,38)(H,35,37)/b7-5+/t19-,24-,26+/m1/s1. The third-order valence-electron chi connectivity index (χ3n) is 7.34. The molecule has 1 saturated carbocycles. The van der Waals surface area contributed by atoms with Crippen LogP contribution in [0.5, 0.6) is 5.75 Å². The van der Waals surface area contributed by atoms with Crippen molar-refractivity contribution in [3.05, 3.63) is 71.3 Å². The van der Waals surface area contributed by atoms with E-state index in [1.807, 2.05) is 36.4 Å². The summed E-state index contributed by atoms with van der Waals surface area (Å²) in [7, 11) is 1.62. The Kier molecular flexibility index (Phi) is 9.55. The topological polar surface area (TPSA) is 150 Å². The van der Waals surface area contributed by atoms with Crippen molar-refractivity contribution in [2.24, 2.45) is 11.7 Å². The number of nitrogens with two attached hydrogens (primary N) is 1. The fourth-order valence-corrected chi connectivity index (χ4v) is 4.62. The second-order valence-electron chi connectivity index (χ2n) is 10.3. The number of rotatable bonds is 4. The summed E-state index contributed by atoms with van der Waals surface area (Å²) in [6.07, 6.45) is 5.86. The Morgan fingerprint density at radius 2 is 1.80 bits per heavy atom. The minimum atomic E-state index is -0.873. The van der Waals surface area contributed by atoms with Gasteiger partial charge in [-0.3, -0.25) is 19.8 Å². The average Bonchev–Trinajstić information content (AvgIpc) is 3.79. The van der Waals surface area contributed by atoms with Gasteiger partial charge >= 0.3 is 0 Å². The lowest BCUT2D eigenvalue weighted by atomic mass is 10.0. The molecular weight excluding hydrogens is 508 g/mol. The summed E-state index contributed by atoms with van der Waals surface area (Å²) in [4.78, 5) is 41.4. The van der Waals surface area contributed by atoms with Gasteiger partial charge in [0.15, 0.2) is 0 Å². The number of hydrogen-bond acceptors (Lipinski definition) is 6. The van der Waals surface area contributed by atoms with E-state index in [1.165, 1.54) is 4.90 Å². The zero-order valence-electron chi connectivity index (χ0n) is 23.0. The molecule has 2 aliphatic rings. The summed E-state index contributed by atoms with van der Waals surface area (Å²) in [6.45, 7) is 2.78. The number of nitrogens with zero attached hydrogens (tertiary/aromatic N) is 1. The van der Waals surface area contributed by atoms with Crippen molar-refractivity contribution >= 4 is 29.6 Å². The van der Waals surface area contributed by atoms with Crippen molar-refractivity contribution in [1.82, 2.24) is 20.9 Å². The Morgan fingerprint density at radius 3 is 2.50 bits per heavy atom. The van der Waals surface area contributed by atoms with Crippen molar-refractivity contribution in [3.63, 3.8) is 0 Å². The minimum absolute atomic E-state index is 0.0481. The molecule has 1 aliphatic carbocycles. The molecule has 212 valence electrons. The summed E-state index contributed by atoms with van der Waals surface area (Å²) in [6, 6.07) is 12.5. The molecule has 2 aromatic carbocycles. The fourth-order valence-electron chi connectivity index (χ4n) is 4.62. The number of carbonyl (C=O) groups excluding carboxylic acids is 3. The molecule has 6 N–H and O–H groups in total. The van der Waals surface area contributed by atoms with Gasteiger partial charge in [0.2, 0.25) is 17.7 Å². The molecule has 4 rings (SSSR count). The van der Waals surface area contributed by atoms with Gasteiger partial charge in [-0.25, -0.2) is 0 Å². The van der Waals surface area contributed by atoms with Crippen molar-refractivity contribution in [1.29, 1.82) is 5.41 Å². The van der Waals surface area contributed by atoms with E-state index < -0.39 is 24.0 Å². The number of nitrogen functional groups attached to an aromatic ring is 1. The van der Waals surface area contributed by atoms with Gasteiger partial charge in [-0.1, -0.05) is 54.6 Å². The quantitative estimate of drug-likeness (QED) is 0.289. The van der Waals surface area contributed by atoms with Crippen molar-refractivity contribution in [3.8, 4) is 5.75 Å². The van der Waals surface area contributed by atoms with Gasteiger partial charge in [0, 0.05) is 37.7 Å². The van der Waals surface area contributed by atoms with Crippen LogP contribution in [0, 0.1) is 11.3 Å². The highest BCUT2D eigenvalue weighted by Crippen LogP contribution is 2.33. The zero-order valence-corrected chi connectivity index (χ0v) is 23.0. The predicted octanol–water partition coefficient (Wildman–Crippen LogP) is 1.44. The Balaban J connectivity index is 1.57. The predicted molar refractivity (Wildman–Crippen MR) is 154 cm³/mol. The molecule has 0 aromatic heterocycles. The molecular formula is C30H38N6O4. The van der Waals surface area contributed by atoms with Gasteiger partial charge in [0.1, 0.15) is 30.3 Å². The molecule has 1 fully saturated rings. The van der Waals surface area contributed by atoms with Gasteiger partial charge in [-0.2, -0.15) is 0 Å². The molecule has 40 heavy (non-hydrogen) atoms. The lowest BCUT2D eigenvalue weighted by Gasteiger charge is -2.30. The number of likely N-dealkylation sites (N-methyl/N-ethyl adjacent to an activating group) is 1. The van der Waals surface area contributed by atoms with Crippen LogP contribution in [0.1, 0.15) is 36.5 Å². The molecule has 3 amide bonds. The largest absolute Gasteiger partial charge is 0.492 e. The van der Waals surface area contributed by atoms with Crippen LogP contribution in [0.4, 0.5) is 0 Å². The summed E-state index contributed by atoms with van der Waals surface area (Å²) < 4.78 is 6.00. The molecule has 3 atom stereocenters. The zero-order chi connectivity index (χ0) is 28.6. The van der Waals surface area contributed by atoms with Gasteiger partial charge in [0.25, 0.3) is 0 Å². The van der Waals surface area contributed by atoms with E-state index in [4.69, 9.17) is 15.9 Å². The number of fused-ring (bicyclic) bond motifs is 1. The van der Waals surface area contributed by atoms with Gasteiger partial charge in [-0.05, 0) is 37.3 Å². The highest BCUT2D eigenvalue weighted by Gasteiger charge is 2.39. The van der Waals surface area contributed by atoms with E-state index in [0.29, 0.717) is 24.5 Å². The van der Waals surface area contributed by atoms with Gasteiger partial charge < -0.3 is 31.3 Å². The average molecular weight is 547 g/mol. The molecule has 1 aliphatic heterocycles. The molecule has 0 bridgehead atoms. The molecule has 10 heteroatoms. The molecule has 0 spiro atoms. The van der Waals surface area contributed by atoms with E-state index in [1.54, 1.807) is 38.2 Å². The van der Waals surface area contributed by atoms with Gasteiger partial charge in [0.05, 0.1) is 6.04 Å². The first-order valence-electron chi connectivity index (χ1n) is 13.6. The third-order valence-corrected chi connectivity index (χ3v) is 7.34. The molecule has 0 saturated heterocycles. The second kappa shape index (κ2) is 13.3. The summed E-state index contributed by atoms with van der Waals surface area (Å²) in [5, 5.41) is 16.7. The first-order valence-corrected chi connectivity index (χ1v) is 13.6. The number of benzene rings is 2. The molecule has 0 radical (unpaired) electrons. The molecule has 0 unspecified atom stereocenters. The first kappa shape index (κ1) is 28.8. The van der Waals surface area contributed by atoms with Crippen LogP contribution in [-0.2, 0) is 20.8 Å². The van der Waals surface area contributed by atoms with Crippen LogP contribution in [-0.4, -0.2) is 73.3 Å². The summed E-state index contributed by atoms with van der Waals surface area (Å²) >= 11 is 0. The number of amides is 3. The van der Waals surface area contributed by atoms with Crippen LogP contribution in [0.3, 0.4) is 0 Å². The first-order chi connectivity index (χ1) is 19.2. The number of para-hydroxylation sites is 1. The number of carbonyl (C=O) groups is 3. The number of ether oxygens (including phenoxy) is 1. The highest BCUT2D eigenvalue weighted by molar-refractivity contribution is 5.95. The number of amidine groups is 1. The van der Waals surface area contributed by atoms with Crippen LogP contribution in [0.25, 0.3) is 6.08 Å². The monoisotopic (exact) mass is 546 g/mol. The Hall–Kier alpha value is -4.18. The van der Waals surface area contributed by atoms with Crippen molar-refractivity contribution in [2.75, 3.05) is 26.7 Å². The van der Waals surface area contributed by atoms with Crippen molar-refractivity contribution < 1.29 is 19.1 Å². The van der Waals surface area contributed by atoms with E-state index in [9.17, 15) is 14.4 Å². The van der Waals surface area contributed by atoms with E-state index in [-0.39, 0.29) is 36.5 Å². The maximum absolute atomic E-state index is 13.4. The molecule has 10 nitrogen and oxygen atoms in total.